The normalized spacial score (nSPS) is 46.9. The van der Waals surface area contributed by atoms with Gasteiger partial charge in [-0.2, -0.15) is 0 Å². The molecule has 1 aromatic rings. The minimum atomic E-state index is -1.58. The SMILES string of the molecule is CO[C@H]1C[C@H](O[C@H]2CC[C@@]3(C)C(=CC[C@@H]4[C@@H]3C[C@@H](OC(=O)c3ccccc3)[C@]3(C)[C@@H]([C@@H](C)OC(C)=O)CC[C@]43O)C2)O[C@H](C)[C@H]1O[C@H]1C[C@H](OC)[C@H](O[C@@H]2O[C@H](CO)[C@H](O)[C@H](O)[C@H]2O)[C@@H](C)O1. The molecule has 6 fully saturated rings. The van der Waals surface area contributed by atoms with Crippen LogP contribution in [0.1, 0.15) is 110 Å². The fourth-order valence-corrected chi connectivity index (χ4v) is 13.5. The lowest BCUT2D eigenvalue weighted by Gasteiger charge is -2.63. The summed E-state index contributed by atoms with van der Waals surface area (Å²) in [6, 6.07) is 8.96. The summed E-state index contributed by atoms with van der Waals surface area (Å²) in [6.45, 7) is 10.8. The molecule has 0 spiro atoms. The van der Waals surface area contributed by atoms with Gasteiger partial charge in [0.1, 0.15) is 48.8 Å². The van der Waals surface area contributed by atoms with Crippen LogP contribution in [0.3, 0.4) is 0 Å². The summed E-state index contributed by atoms with van der Waals surface area (Å²) in [6.07, 6.45) is -5.26. The van der Waals surface area contributed by atoms with Crippen LogP contribution >= 0.6 is 0 Å². The molecule has 8 rings (SSSR count). The lowest BCUT2D eigenvalue weighted by atomic mass is 9.44. The molecule has 3 heterocycles. The van der Waals surface area contributed by atoms with Gasteiger partial charge < -0.3 is 72.9 Å². The predicted octanol–water partition coefficient (Wildman–Crippen LogP) is 3.72. The van der Waals surface area contributed by atoms with E-state index in [0.717, 1.165) is 12.8 Å². The number of allylic oxidation sites excluding steroid dienone is 1. The molecule has 0 aromatic heterocycles. The molecular formula is C50H74O17. The molecule has 0 unspecified atom stereocenters. The van der Waals surface area contributed by atoms with E-state index in [1.807, 2.05) is 39.0 Å². The van der Waals surface area contributed by atoms with Crippen LogP contribution in [0.25, 0.3) is 0 Å². The quantitative estimate of drug-likeness (QED) is 0.140. The Morgan fingerprint density at radius 2 is 1.46 bits per heavy atom. The van der Waals surface area contributed by atoms with Crippen LogP contribution in [0.4, 0.5) is 0 Å². The molecule has 0 bridgehead atoms. The molecule has 376 valence electrons. The number of carbonyl (C=O) groups excluding carboxylic acids is 2. The molecule has 67 heavy (non-hydrogen) atoms. The largest absolute Gasteiger partial charge is 0.463 e. The summed E-state index contributed by atoms with van der Waals surface area (Å²) in [4.78, 5) is 26.0. The number of hydrogen-bond donors (Lipinski definition) is 5. The molecule has 0 amide bonds. The number of hydrogen-bond acceptors (Lipinski definition) is 17. The fraction of sp³-hybridized carbons (Fsp3) is 0.800. The third kappa shape index (κ3) is 9.40. The van der Waals surface area contributed by atoms with Crippen molar-refractivity contribution < 1.29 is 82.5 Å². The number of aliphatic hydroxyl groups is 5. The maximum absolute atomic E-state index is 13.8. The van der Waals surface area contributed by atoms with E-state index in [1.54, 1.807) is 26.2 Å². The van der Waals surface area contributed by atoms with Gasteiger partial charge in [-0.25, -0.2) is 4.79 Å². The summed E-state index contributed by atoms with van der Waals surface area (Å²) in [5.74, 6) is -1.06. The molecule has 17 nitrogen and oxygen atoms in total. The van der Waals surface area contributed by atoms with Crippen molar-refractivity contribution in [3.8, 4) is 0 Å². The minimum absolute atomic E-state index is 0.0293. The van der Waals surface area contributed by atoms with Crippen molar-refractivity contribution in [2.75, 3.05) is 20.8 Å². The molecule has 17 heteroatoms. The summed E-state index contributed by atoms with van der Waals surface area (Å²) in [7, 11) is 3.16. The van der Waals surface area contributed by atoms with Crippen molar-refractivity contribution in [2.45, 2.75) is 203 Å². The Hall–Kier alpha value is -2.62. The summed E-state index contributed by atoms with van der Waals surface area (Å²) >= 11 is 0. The minimum Gasteiger partial charge on any atom is -0.463 e. The number of fused-ring (bicyclic) bond motifs is 5. The van der Waals surface area contributed by atoms with E-state index in [9.17, 15) is 35.1 Å². The number of ether oxygens (including phenoxy) is 10. The monoisotopic (exact) mass is 946 g/mol. The molecule has 3 saturated heterocycles. The average Bonchev–Trinajstić information content (AvgIpc) is 3.59. The van der Waals surface area contributed by atoms with Crippen molar-refractivity contribution >= 4 is 11.9 Å². The molecular weight excluding hydrogens is 873 g/mol. The van der Waals surface area contributed by atoms with Crippen LogP contribution in [0.15, 0.2) is 42.0 Å². The van der Waals surface area contributed by atoms with E-state index in [1.165, 1.54) is 19.6 Å². The van der Waals surface area contributed by atoms with Crippen molar-refractivity contribution in [3.05, 3.63) is 47.5 Å². The maximum atomic E-state index is 13.8. The van der Waals surface area contributed by atoms with Gasteiger partial charge in [0.25, 0.3) is 0 Å². The highest BCUT2D eigenvalue weighted by Crippen LogP contribution is 2.69. The highest BCUT2D eigenvalue weighted by atomic mass is 16.8. The number of aliphatic hydroxyl groups excluding tert-OH is 4. The van der Waals surface area contributed by atoms with Crippen LogP contribution in [0, 0.1) is 28.6 Å². The van der Waals surface area contributed by atoms with E-state index in [4.69, 9.17) is 47.4 Å². The molecule has 5 N–H and O–H groups in total. The van der Waals surface area contributed by atoms with Gasteiger partial charge in [0, 0.05) is 45.3 Å². The Bertz CT molecular complexity index is 1900. The van der Waals surface area contributed by atoms with Gasteiger partial charge in [-0.1, -0.05) is 43.7 Å². The molecule has 0 radical (unpaired) electrons. The lowest BCUT2D eigenvalue weighted by Crippen LogP contribution is -2.67. The first kappa shape index (κ1) is 50.8. The third-order valence-electron chi connectivity index (χ3n) is 17.2. The van der Waals surface area contributed by atoms with E-state index in [2.05, 4.69) is 13.0 Å². The molecule has 22 atom stereocenters. The van der Waals surface area contributed by atoms with Crippen LogP contribution in [0.2, 0.25) is 0 Å². The number of esters is 2. The van der Waals surface area contributed by atoms with Crippen LogP contribution in [0.5, 0.6) is 0 Å². The summed E-state index contributed by atoms with van der Waals surface area (Å²) in [5.41, 5.74) is -0.559. The smallest absolute Gasteiger partial charge is 0.338 e. The molecule has 3 aliphatic heterocycles. The van der Waals surface area contributed by atoms with Crippen molar-refractivity contribution in [1.82, 2.24) is 0 Å². The second-order valence-electron chi connectivity index (χ2n) is 20.7. The summed E-state index contributed by atoms with van der Waals surface area (Å²) < 4.78 is 61.9. The summed E-state index contributed by atoms with van der Waals surface area (Å²) in [5, 5.41) is 53.9. The number of benzene rings is 1. The second-order valence-corrected chi connectivity index (χ2v) is 20.7. The second kappa shape index (κ2) is 20.2. The lowest BCUT2D eigenvalue weighted by molar-refractivity contribution is -0.353. The average molecular weight is 947 g/mol. The van der Waals surface area contributed by atoms with Crippen molar-refractivity contribution in [2.24, 2.45) is 28.6 Å². The first-order valence-corrected chi connectivity index (χ1v) is 24.3. The first-order chi connectivity index (χ1) is 31.9. The van der Waals surface area contributed by atoms with Gasteiger partial charge >= 0.3 is 11.9 Å². The van der Waals surface area contributed by atoms with Gasteiger partial charge in [-0.05, 0) is 95.1 Å². The number of methoxy groups -OCH3 is 2. The van der Waals surface area contributed by atoms with Crippen LogP contribution < -0.4 is 0 Å². The Morgan fingerprint density at radius 3 is 2.09 bits per heavy atom. The molecule has 7 aliphatic rings. The van der Waals surface area contributed by atoms with Gasteiger partial charge in [0.2, 0.25) is 0 Å². The van der Waals surface area contributed by atoms with Crippen molar-refractivity contribution in [1.29, 1.82) is 0 Å². The Balaban J connectivity index is 0.913. The standard InChI is InChI=1S/C50H74O17/c1-25(60-28(4)52)32-17-19-50(57)33-15-14-30-20-31(16-18-48(30,5)34(33)21-38(49(32,50)6)65-46(56)29-12-10-9-11-13-29)63-39-22-35(58-7)44(26(2)61-39)66-40-23-36(59-8)45(27(3)62-40)67-47-43(55)42(54)41(53)37(24-51)64-47/h9-14,25-27,31-45,47,51,53-55,57H,15-24H2,1-8H3/t25-,26-,27-,31+,32-,33-,34+,35+,36+,37-,38-,39+,40+,41+,42+,43-,44-,45-,47+,48+,49+,50+/m1/s1. The molecule has 1 aromatic carbocycles. The first-order valence-electron chi connectivity index (χ1n) is 24.3. The Kier molecular flexibility index (Phi) is 15.3. The molecule has 3 saturated carbocycles. The number of carbonyl (C=O) groups is 2. The van der Waals surface area contributed by atoms with Crippen LogP contribution in [-0.2, 0) is 52.2 Å². The predicted molar refractivity (Wildman–Crippen MR) is 237 cm³/mol. The van der Waals surface area contributed by atoms with E-state index < -0.39 is 116 Å². The zero-order valence-corrected chi connectivity index (χ0v) is 40.1. The van der Waals surface area contributed by atoms with Crippen molar-refractivity contribution in [3.63, 3.8) is 0 Å². The maximum Gasteiger partial charge on any atom is 0.338 e. The van der Waals surface area contributed by atoms with Crippen LogP contribution in [-0.4, -0.2) is 162 Å². The zero-order valence-electron chi connectivity index (χ0n) is 40.1. The fourth-order valence-electron chi connectivity index (χ4n) is 13.5. The van der Waals surface area contributed by atoms with Gasteiger partial charge in [-0.3, -0.25) is 4.79 Å². The zero-order chi connectivity index (χ0) is 48.2. The van der Waals surface area contributed by atoms with Gasteiger partial charge in [0.05, 0.1) is 48.3 Å². The van der Waals surface area contributed by atoms with E-state index in [0.29, 0.717) is 44.1 Å². The Morgan fingerprint density at radius 1 is 0.821 bits per heavy atom. The highest BCUT2D eigenvalue weighted by Gasteiger charge is 2.72. The molecule has 4 aliphatic carbocycles. The van der Waals surface area contributed by atoms with Gasteiger partial charge in [0.15, 0.2) is 18.9 Å². The van der Waals surface area contributed by atoms with E-state index >= 15 is 0 Å². The number of rotatable bonds is 13. The highest BCUT2D eigenvalue weighted by molar-refractivity contribution is 5.89. The van der Waals surface area contributed by atoms with E-state index in [-0.39, 0.29) is 41.7 Å². The topological polar surface area (TPSA) is 228 Å². The third-order valence-corrected chi connectivity index (χ3v) is 17.2. The van der Waals surface area contributed by atoms with Gasteiger partial charge in [-0.15, -0.1) is 0 Å². The Labute approximate surface area is 393 Å².